The number of nitrogens with zero attached hydrogens (tertiary/aromatic N) is 2. The molecule has 0 aliphatic carbocycles. The predicted octanol–water partition coefficient (Wildman–Crippen LogP) is 3.18. The Morgan fingerprint density at radius 1 is 1.38 bits per heavy atom. The largest absolute Gasteiger partial charge is 0.399 e. The molecule has 4 nitrogen and oxygen atoms in total. The normalized spacial score (nSPS) is 12.3. The van der Waals surface area contributed by atoms with Crippen molar-refractivity contribution >= 4 is 11.5 Å². The number of Topliss-reactive ketones (excluding diaryl/α,β-unsaturated/α-hetero) is 1. The summed E-state index contributed by atoms with van der Waals surface area (Å²) in [6.45, 7) is 4.25. The van der Waals surface area contributed by atoms with Crippen LogP contribution in [0.2, 0.25) is 0 Å². The Bertz CT molecular complexity index is 604. The Morgan fingerprint density at radius 2 is 2.19 bits per heavy atom. The lowest BCUT2D eigenvalue weighted by Crippen LogP contribution is -2.08. The second-order valence-electron chi connectivity index (χ2n) is 5.50. The first kappa shape index (κ1) is 15.3. The monoisotopic (exact) mass is 285 g/mol. The van der Waals surface area contributed by atoms with Crippen molar-refractivity contribution in [3.8, 4) is 0 Å². The van der Waals surface area contributed by atoms with E-state index >= 15 is 0 Å². The van der Waals surface area contributed by atoms with Gasteiger partial charge in [0.05, 0.1) is 12.1 Å². The van der Waals surface area contributed by atoms with Crippen LogP contribution in [0.15, 0.2) is 36.5 Å². The maximum absolute atomic E-state index is 12.0. The number of ketones is 1. The van der Waals surface area contributed by atoms with Crippen molar-refractivity contribution in [1.82, 2.24) is 9.78 Å². The number of nitrogens with two attached hydrogens (primary N) is 1. The predicted molar refractivity (Wildman–Crippen MR) is 85.1 cm³/mol. The van der Waals surface area contributed by atoms with Crippen LogP contribution >= 0.6 is 0 Å². The van der Waals surface area contributed by atoms with E-state index in [0.29, 0.717) is 18.9 Å². The summed E-state index contributed by atoms with van der Waals surface area (Å²) in [5.74, 6) is 0.215. The van der Waals surface area contributed by atoms with E-state index in [1.54, 1.807) is 0 Å². The van der Waals surface area contributed by atoms with Gasteiger partial charge in [0, 0.05) is 24.3 Å². The molecule has 2 aromatic rings. The second kappa shape index (κ2) is 7.07. The van der Waals surface area contributed by atoms with E-state index in [-0.39, 0.29) is 5.78 Å². The van der Waals surface area contributed by atoms with Crippen molar-refractivity contribution in [3.63, 3.8) is 0 Å². The lowest BCUT2D eigenvalue weighted by molar-refractivity contribution is -0.118. The molecule has 2 N–H and O–H groups in total. The highest BCUT2D eigenvalue weighted by molar-refractivity contribution is 5.80. The zero-order valence-electron chi connectivity index (χ0n) is 12.7. The minimum absolute atomic E-state index is 0.215. The lowest BCUT2D eigenvalue weighted by atomic mass is 10.0. The number of hydrogen-bond acceptors (Lipinski definition) is 3. The molecular formula is C17H23N3O. The van der Waals surface area contributed by atoms with Crippen molar-refractivity contribution in [3.05, 3.63) is 47.8 Å². The van der Waals surface area contributed by atoms with E-state index in [1.807, 2.05) is 41.2 Å². The van der Waals surface area contributed by atoms with Crippen molar-refractivity contribution in [1.29, 1.82) is 0 Å². The number of carbonyl (C=O) groups excluding carboxylic acids is 1. The second-order valence-corrected chi connectivity index (χ2v) is 5.50. The first-order valence-corrected chi connectivity index (χ1v) is 7.48. The zero-order chi connectivity index (χ0) is 15.2. The van der Waals surface area contributed by atoms with Crippen LogP contribution in [0.5, 0.6) is 0 Å². The Hall–Kier alpha value is -2.10. The highest BCUT2D eigenvalue weighted by Gasteiger charge is 2.09. The zero-order valence-corrected chi connectivity index (χ0v) is 12.7. The third-order valence-electron chi connectivity index (χ3n) is 3.73. The van der Waals surface area contributed by atoms with Gasteiger partial charge in [-0.05, 0) is 43.5 Å². The number of nitrogen functional groups attached to an aromatic ring is 1. The molecule has 1 aromatic carbocycles. The molecule has 1 atom stereocenters. The van der Waals surface area contributed by atoms with Crippen LogP contribution in [0.1, 0.15) is 44.0 Å². The van der Waals surface area contributed by atoms with Crippen molar-refractivity contribution < 1.29 is 4.79 Å². The van der Waals surface area contributed by atoms with Crippen LogP contribution < -0.4 is 5.73 Å². The highest BCUT2D eigenvalue weighted by Crippen LogP contribution is 2.12. The summed E-state index contributed by atoms with van der Waals surface area (Å²) >= 11 is 0. The van der Waals surface area contributed by atoms with Crippen molar-refractivity contribution in [2.45, 2.75) is 45.6 Å². The third-order valence-corrected chi connectivity index (χ3v) is 3.73. The summed E-state index contributed by atoms with van der Waals surface area (Å²) in [6, 6.07) is 10.0. The molecule has 0 saturated heterocycles. The average molecular weight is 285 g/mol. The first-order valence-electron chi connectivity index (χ1n) is 7.48. The molecule has 0 radical (unpaired) electrons. The smallest absolute Gasteiger partial charge is 0.139 e. The number of hydrogen-bond donors (Lipinski definition) is 1. The van der Waals surface area contributed by atoms with Gasteiger partial charge in [-0.1, -0.05) is 19.1 Å². The highest BCUT2D eigenvalue weighted by atomic mass is 16.1. The van der Waals surface area contributed by atoms with E-state index in [0.717, 1.165) is 29.8 Å². The van der Waals surface area contributed by atoms with Gasteiger partial charge in [-0.2, -0.15) is 5.10 Å². The maximum Gasteiger partial charge on any atom is 0.139 e. The Labute approximate surface area is 126 Å². The van der Waals surface area contributed by atoms with Crippen LogP contribution in [-0.2, 0) is 17.6 Å². The van der Waals surface area contributed by atoms with Crippen LogP contribution in [-0.4, -0.2) is 15.6 Å². The van der Waals surface area contributed by atoms with E-state index in [4.69, 9.17) is 5.73 Å². The number of rotatable bonds is 7. The Balaban J connectivity index is 1.86. The van der Waals surface area contributed by atoms with Crippen molar-refractivity contribution in [2.75, 3.05) is 5.73 Å². The molecular weight excluding hydrogens is 262 g/mol. The summed E-state index contributed by atoms with van der Waals surface area (Å²) in [5.41, 5.74) is 8.44. The summed E-state index contributed by atoms with van der Waals surface area (Å²) in [7, 11) is 0. The fraction of sp³-hybridized carbons (Fsp3) is 0.412. The van der Waals surface area contributed by atoms with Gasteiger partial charge in [-0.3, -0.25) is 9.48 Å². The summed E-state index contributed by atoms with van der Waals surface area (Å²) < 4.78 is 1.93. The van der Waals surface area contributed by atoms with Gasteiger partial charge in [0.1, 0.15) is 5.78 Å². The molecule has 4 heteroatoms. The van der Waals surface area contributed by atoms with E-state index in [9.17, 15) is 4.79 Å². The minimum atomic E-state index is 0.215. The van der Waals surface area contributed by atoms with Gasteiger partial charge >= 0.3 is 0 Å². The van der Waals surface area contributed by atoms with Gasteiger partial charge in [0.25, 0.3) is 0 Å². The molecule has 2 rings (SSSR count). The van der Waals surface area contributed by atoms with Gasteiger partial charge in [-0.25, -0.2) is 0 Å². The molecule has 0 bridgehead atoms. The summed E-state index contributed by atoms with van der Waals surface area (Å²) in [4.78, 5) is 12.0. The van der Waals surface area contributed by atoms with Crippen LogP contribution in [0.3, 0.4) is 0 Å². The SMILES string of the molecule is CCC(C)n1ccc(CC(=O)CCc2cccc(N)c2)n1. The van der Waals surface area contributed by atoms with E-state index in [2.05, 4.69) is 18.9 Å². The number of anilines is 1. The lowest BCUT2D eigenvalue weighted by Gasteiger charge is -2.08. The van der Waals surface area contributed by atoms with Gasteiger partial charge in [0.2, 0.25) is 0 Å². The fourth-order valence-corrected chi connectivity index (χ4v) is 2.23. The van der Waals surface area contributed by atoms with Gasteiger partial charge in [0.15, 0.2) is 0 Å². The fourth-order valence-electron chi connectivity index (χ4n) is 2.23. The number of aromatic nitrogens is 2. The van der Waals surface area contributed by atoms with Gasteiger partial charge < -0.3 is 5.73 Å². The van der Waals surface area contributed by atoms with Gasteiger partial charge in [-0.15, -0.1) is 0 Å². The molecule has 0 saturated carbocycles. The molecule has 0 amide bonds. The molecule has 0 aliphatic rings. The number of aryl methyl sites for hydroxylation is 1. The Morgan fingerprint density at radius 3 is 2.90 bits per heavy atom. The van der Waals surface area contributed by atoms with E-state index < -0.39 is 0 Å². The molecule has 0 fully saturated rings. The van der Waals surface area contributed by atoms with Crippen LogP contribution in [0.4, 0.5) is 5.69 Å². The first-order chi connectivity index (χ1) is 10.1. The third kappa shape index (κ3) is 4.45. The van der Waals surface area contributed by atoms with E-state index in [1.165, 1.54) is 0 Å². The molecule has 1 unspecified atom stereocenters. The minimum Gasteiger partial charge on any atom is -0.399 e. The molecule has 112 valence electrons. The summed E-state index contributed by atoms with van der Waals surface area (Å²) in [5, 5.41) is 4.47. The number of benzene rings is 1. The standard InChI is InChI=1S/C17H23N3O/c1-3-13(2)20-10-9-16(19-20)12-17(21)8-7-14-5-4-6-15(18)11-14/h4-6,9-11,13H,3,7-8,12,18H2,1-2H3. The molecule has 1 heterocycles. The molecule has 1 aromatic heterocycles. The quantitative estimate of drug-likeness (QED) is 0.795. The van der Waals surface area contributed by atoms with Crippen LogP contribution in [0.25, 0.3) is 0 Å². The molecule has 0 aliphatic heterocycles. The number of carbonyl (C=O) groups is 1. The summed E-state index contributed by atoms with van der Waals surface area (Å²) in [6.07, 6.45) is 4.65. The Kier molecular flexibility index (Phi) is 5.14. The maximum atomic E-state index is 12.0. The molecule has 0 spiro atoms. The average Bonchev–Trinajstić information content (AvgIpc) is 2.93. The van der Waals surface area contributed by atoms with Crippen LogP contribution in [0, 0.1) is 0 Å². The molecule has 21 heavy (non-hydrogen) atoms. The topological polar surface area (TPSA) is 60.9 Å². The van der Waals surface area contributed by atoms with Crippen molar-refractivity contribution in [2.24, 2.45) is 0 Å².